The van der Waals surface area contributed by atoms with E-state index in [0.29, 0.717) is 17.3 Å². The minimum absolute atomic E-state index is 0.0179. The van der Waals surface area contributed by atoms with Crippen LogP contribution in [0, 0.1) is 0 Å². The molecule has 3 aromatic heterocycles. The summed E-state index contributed by atoms with van der Waals surface area (Å²) in [6.45, 7) is 2.13. The van der Waals surface area contributed by atoms with Crippen molar-refractivity contribution >= 4 is 16.7 Å². The van der Waals surface area contributed by atoms with Crippen molar-refractivity contribution in [1.82, 2.24) is 29.6 Å². The number of Topliss-reactive ketones (excluding diaryl/α,β-unsaturated/α-hetero) is 1. The summed E-state index contributed by atoms with van der Waals surface area (Å²) in [6.07, 6.45) is 9.67. The van der Waals surface area contributed by atoms with Gasteiger partial charge in [-0.3, -0.25) is 14.5 Å². The summed E-state index contributed by atoms with van der Waals surface area (Å²) in [5.74, 6) is 0.967. The molecule has 0 atom stereocenters. The summed E-state index contributed by atoms with van der Waals surface area (Å²) in [4.78, 5) is 29.0. The number of carbonyl (C=O) groups excluding carboxylic acids is 1. The molecule has 1 fully saturated rings. The maximum Gasteiger partial charge on any atom is 0.170 e. The highest BCUT2D eigenvalue weighted by atomic mass is 16.1. The Balaban J connectivity index is 1.36. The van der Waals surface area contributed by atoms with Gasteiger partial charge in [0.15, 0.2) is 5.78 Å². The molecule has 4 heterocycles. The Hall–Kier alpha value is -3.45. The number of aromatic nitrogens is 5. The zero-order valence-corrected chi connectivity index (χ0v) is 18.4. The zero-order chi connectivity index (χ0) is 22.1. The fourth-order valence-electron chi connectivity index (χ4n) is 4.29. The second kappa shape index (κ2) is 8.59. The number of benzene rings is 1. The first-order valence-electron chi connectivity index (χ1n) is 11.0. The van der Waals surface area contributed by atoms with Crippen LogP contribution in [-0.2, 0) is 13.5 Å². The first-order valence-corrected chi connectivity index (χ1v) is 11.0. The SMILES string of the molecule is CN1CCC(c2cc(C(=O)Cc3ncc4ccc(-c5cnn(C)c5)cc4n3)ccn2)CC1. The maximum absolute atomic E-state index is 13.0. The van der Waals surface area contributed by atoms with E-state index in [4.69, 9.17) is 0 Å². The number of aryl methyl sites for hydroxylation is 1. The van der Waals surface area contributed by atoms with Crippen LogP contribution in [0.2, 0.25) is 0 Å². The van der Waals surface area contributed by atoms with Crippen LogP contribution >= 0.6 is 0 Å². The summed E-state index contributed by atoms with van der Waals surface area (Å²) in [7, 11) is 4.04. The number of carbonyl (C=O) groups is 1. The molecular weight excluding hydrogens is 400 g/mol. The molecular formula is C25H26N6O. The predicted octanol–water partition coefficient (Wildman–Crippen LogP) is 3.66. The average Bonchev–Trinajstić information content (AvgIpc) is 3.25. The highest BCUT2D eigenvalue weighted by Crippen LogP contribution is 2.27. The number of hydrogen-bond donors (Lipinski definition) is 0. The number of ketones is 1. The van der Waals surface area contributed by atoms with Crippen LogP contribution in [0.25, 0.3) is 22.0 Å². The van der Waals surface area contributed by atoms with Gasteiger partial charge in [0.25, 0.3) is 0 Å². The Kier molecular flexibility index (Phi) is 5.49. The quantitative estimate of drug-likeness (QED) is 0.453. The van der Waals surface area contributed by atoms with E-state index in [1.807, 2.05) is 43.7 Å². The fourth-order valence-corrected chi connectivity index (χ4v) is 4.29. The molecule has 1 saturated heterocycles. The van der Waals surface area contributed by atoms with Crippen LogP contribution in [0.5, 0.6) is 0 Å². The molecule has 5 rings (SSSR count). The third-order valence-corrected chi connectivity index (χ3v) is 6.23. The van der Waals surface area contributed by atoms with Crippen LogP contribution < -0.4 is 0 Å². The largest absolute Gasteiger partial charge is 0.306 e. The second-order valence-electron chi connectivity index (χ2n) is 8.61. The molecule has 32 heavy (non-hydrogen) atoms. The smallest absolute Gasteiger partial charge is 0.170 e. The maximum atomic E-state index is 13.0. The van der Waals surface area contributed by atoms with Gasteiger partial charge in [-0.25, -0.2) is 9.97 Å². The number of fused-ring (bicyclic) bond motifs is 1. The van der Waals surface area contributed by atoms with Crippen molar-refractivity contribution in [2.75, 3.05) is 20.1 Å². The van der Waals surface area contributed by atoms with Crippen molar-refractivity contribution in [3.05, 3.63) is 72.2 Å². The third kappa shape index (κ3) is 4.29. The average molecular weight is 427 g/mol. The van der Waals surface area contributed by atoms with Crippen molar-refractivity contribution in [3.63, 3.8) is 0 Å². The molecule has 1 aliphatic rings. The van der Waals surface area contributed by atoms with E-state index in [0.717, 1.165) is 53.7 Å². The van der Waals surface area contributed by atoms with Crippen molar-refractivity contribution in [2.24, 2.45) is 7.05 Å². The van der Waals surface area contributed by atoms with Crippen LogP contribution in [0.15, 0.2) is 55.1 Å². The topological polar surface area (TPSA) is 76.8 Å². The van der Waals surface area contributed by atoms with Crippen molar-refractivity contribution in [3.8, 4) is 11.1 Å². The summed E-state index contributed by atoms with van der Waals surface area (Å²) >= 11 is 0. The zero-order valence-electron chi connectivity index (χ0n) is 18.4. The number of rotatable bonds is 5. The minimum atomic E-state index is 0.0179. The number of pyridine rings is 1. The number of hydrogen-bond acceptors (Lipinski definition) is 6. The predicted molar refractivity (Wildman–Crippen MR) is 123 cm³/mol. The Morgan fingerprint density at radius 1 is 1.03 bits per heavy atom. The molecule has 0 radical (unpaired) electrons. The van der Waals surface area contributed by atoms with Crippen molar-refractivity contribution in [1.29, 1.82) is 0 Å². The van der Waals surface area contributed by atoms with Crippen LogP contribution in [0.3, 0.4) is 0 Å². The molecule has 0 unspecified atom stereocenters. The Labute approximate surface area is 187 Å². The monoisotopic (exact) mass is 426 g/mol. The summed E-state index contributed by atoms with van der Waals surface area (Å²) in [5, 5.41) is 5.19. The van der Waals surface area contributed by atoms with E-state index in [-0.39, 0.29) is 12.2 Å². The molecule has 1 aliphatic heterocycles. The Morgan fingerprint density at radius 2 is 1.88 bits per heavy atom. The molecule has 1 aromatic carbocycles. The van der Waals surface area contributed by atoms with Crippen LogP contribution in [0.1, 0.15) is 40.6 Å². The summed E-state index contributed by atoms with van der Waals surface area (Å²) < 4.78 is 1.78. The van der Waals surface area contributed by atoms with Gasteiger partial charge in [-0.2, -0.15) is 5.10 Å². The third-order valence-electron chi connectivity index (χ3n) is 6.23. The van der Waals surface area contributed by atoms with E-state index in [2.05, 4.69) is 32.0 Å². The number of likely N-dealkylation sites (tertiary alicyclic amines) is 1. The minimum Gasteiger partial charge on any atom is -0.306 e. The molecule has 0 N–H and O–H groups in total. The second-order valence-corrected chi connectivity index (χ2v) is 8.61. The van der Waals surface area contributed by atoms with Gasteiger partial charge in [0.2, 0.25) is 0 Å². The Bertz CT molecular complexity index is 1270. The summed E-state index contributed by atoms with van der Waals surface area (Å²) in [5.41, 5.74) is 4.60. The molecule has 7 nitrogen and oxygen atoms in total. The fraction of sp³-hybridized carbons (Fsp3) is 0.320. The molecule has 4 aromatic rings. The molecule has 7 heteroatoms. The number of piperidine rings is 1. The van der Waals surface area contributed by atoms with Gasteiger partial charge in [0.1, 0.15) is 5.82 Å². The standard InChI is InChI=1S/C25H26N6O/c1-30-9-6-17(7-10-30)22-12-19(5-8-26-22)24(32)13-25-27-14-20-4-3-18(11-23(20)29-25)21-15-28-31(2)16-21/h3-5,8,11-12,14-17H,6-7,9-10,13H2,1-2H3. The van der Waals surface area contributed by atoms with Gasteiger partial charge < -0.3 is 4.90 Å². The lowest BCUT2D eigenvalue weighted by molar-refractivity contribution is 0.0990. The molecule has 0 aliphatic carbocycles. The van der Waals surface area contributed by atoms with Gasteiger partial charge in [0, 0.05) is 53.8 Å². The van der Waals surface area contributed by atoms with Crippen molar-refractivity contribution < 1.29 is 4.79 Å². The highest BCUT2D eigenvalue weighted by molar-refractivity contribution is 5.97. The molecule has 0 saturated carbocycles. The molecule has 162 valence electrons. The van der Waals surface area contributed by atoms with E-state index < -0.39 is 0 Å². The first kappa shape index (κ1) is 20.5. The van der Waals surface area contributed by atoms with E-state index in [1.165, 1.54) is 0 Å². The summed E-state index contributed by atoms with van der Waals surface area (Å²) in [6, 6.07) is 9.81. The van der Waals surface area contributed by atoms with Gasteiger partial charge in [-0.05, 0) is 56.7 Å². The van der Waals surface area contributed by atoms with E-state index >= 15 is 0 Å². The molecule has 0 amide bonds. The van der Waals surface area contributed by atoms with E-state index in [9.17, 15) is 4.79 Å². The van der Waals surface area contributed by atoms with Gasteiger partial charge in [-0.15, -0.1) is 0 Å². The highest BCUT2D eigenvalue weighted by Gasteiger charge is 2.20. The first-order chi connectivity index (χ1) is 15.5. The Morgan fingerprint density at radius 3 is 2.66 bits per heavy atom. The van der Waals surface area contributed by atoms with Gasteiger partial charge in [-0.1, -0.05) is 12.1 Å². The van der Waals surface area contributed by atoms with Crippen LogP contribution in [-0.4, -0.2) is 55.6 Å². The van der Waals surface area contributed by atoms with Gasteiger partial charge in [0.05, 0.1) is 18.1 Å². The normalized spacial score (nSPS) is 15.3. The number of nitrogens with zero attached hydrogens (tertiary/aromatic N) is 6. The lowest BCUT2D eigenvalue weighted by Gasteiger charge is -2.28. The van der Waals surface area contributed by atoms with Crippen LogP contribution in [0.4, 0.5) is 0 Å². The van der Waals surface area contributed by atoms with E-state index in [1.54, 1.807) is 23.1 Å². The molecule has 0 bridgehead atoms. The lowest BCUT2D eigenvalue weighted by Crippen LogP contribution is -2.29. The molecule has 0 spiro atoms. The lowest BCUT2D eigenvalue weighted by atomic mass is 9.92. The van der Waals surface area contributed by atoms with Crippen molar-refractivity contribution in [2.45, 2.75) is 25.2 Å². The van der Waals surface area contributed by atoms with Gasteiger partial charge >= 0.3 is 0 Å².